The van der Waals surface area contributed by atoms with E-state index in [0.717, 1.165) is 11.3 Å². The Bertz CT molecular complexity index is 1210. The van der Waals surface area contributed by atoms with Gasteiger partial charge in [-0.3, -0.25) is 0 Å². The van der Waals surface area contributed by atoms with Crippen LogP contribution in [0.15, 0.2) is 89.5 Å². The maximum atomic E-state index is 13.1. The molecule has 2 amide bonds. The highest BCUT2D eigenvalue weighted by Crippen LogP contribution is 2.19. The SMILES string of the molecule is O=C(NCCc1coc(-c2ccc(F)cc2)n1)Nc1cccc(COCCOc2ccccc2)c1. The van der Waals surface area contributed by atoms with E-state index in [9.17, 15) is 9.18 Å². The van der Waals surface area contributed by atoms with Gasteiger partial charge in [-0.05, 0) is 54.1 Å². The average Bonchev–Trinajstić information content (AvgIpc) is 3.34. The predicted octanol–water partition coefficient (Wildman–Crippen LogP) is 5.44. The first-order valence-electron chi connectivity index (χ1n) is 11.3. The molecule has 0 aliphatic carbocycles. The third-order valence-corrected chi connectivity index (χ3v) is 5.00. The van der Waals surface area contributed by atoms with E-state index >= 15 is 0 Å². The van der Waals surface area contributed by atoms with E-state index in [0.29, 0.717) is 55.6 Å². The first-order valence-corrected chi connectivity index (χ1v) is 11.3. The van der Waals surface area contributed by atoms with Crippen molar-refractivity contribution in [3.63, 3.8) is 0 Å². The average molecular weight is 476 g/mol. The minimum Gasteiger partial charge on any atom is -0.491 e. The number of benzene rings is 3. The van der Waals surface area contributed by atoms with Crippen molar-refractivity contribution < 1.29 is 23.1 Å². The second-order valence-electron chi connectivity index (χ2n) is 7.70. The fourth-order valence-corrected chi connectivity index (χ4v) is 3.29. The largest absolute Gasteiger partial charge is 0.491 e. The zero-order valence-electron chi connectivity index (χ0n) is 19.1. The molecule has 0 unspecified atom stereocenters. The van der Waals surface area contributed by atoms with Gasteiger partial charge in [0.1, 0.15) is 24.4 Å². The smallest absolute Gasteiger partial charge is 0.319 e. The molecule has 1 aromatic heterocycles. The molecule has 0 aliphatic rings. The topological polar surface area (TPSA) is 85.6 Å². The van der Waals surface area contributed by atoms with E-state index in [4.69, 9.17) is 13.9 Å². The normalized spacial score (nSPS) is 10.7. The number of carbonyl (C=O) groups excluding carboxylic acids is 1. The molecule has 7 nitrogen and oxygen atoms in total. The molecule has 0 atom stereocenters. The van der Waals surface area contributed by atoms with E-state index < -0.39 is 0 Å². The summed E-state index contributed by atoms with van der Waals surface area (Å²) in [5, 5.41) is 5.62. The number of halogens is 1. The van der Waals surface area contributed by atoms with Crippen LogP contribution in [0.3, 0.4) is 0 Å². The number of urea groups is 1. The highest BCUT2D eigenvalue weighted by molar-refractivity contribution is 5.89. The van der Waals surface area contributed by atoms with Gasteiger partial charge >= 0.3 is 6.03 Å². The lowest BCUT2D eigenvalue weighted by molar-refractivity contribution is 0.0889. The van der Waals surface area contributed by atoms with Crippen molar-refractivity contribution in [1.29, 1.82) is 0 Å². The standard InChI is InChI=1S/C27H26FN3O4/c28-22-11-9-21(10-12-22)26-30-24(19-35-26)13-14-29-27(32)31-23-6-4-5-20(17-23)18-33-15-16-34-25-7-2-1-3-8-25/h1-12,17,19H,13-16,18H2,(H2,29,31,32). The zero-order valence-corrected chi connectivity index (χ0v) is 19.1. The quantitative estimate of drug-likeness (QED) is 0.282. The number of nitrogens with one attached hydrogen (secondary N) is 2. The van der Waals surface area contributed by atoms with E-state index in [1.54, 1.807) is 12.1 Å². The molecule has 0 bridgehead atoms. The van der Waals surface area contributed by atoms with Gasteiger partial charge < -0.3 is 24.5 Å². The number of ether oxygens (including phenoxy) is 2. The van der Waals surface area contributed by atoms with Crippen molar-refractivity contribution in [2.24, 2.45) is 0 Å². The molecule has 0 aliphatic heterocycles. The van der Waals surface area contributed by atoms with Crippen LogP contribution in [0.5, 0.6) is 5.75 Å². The van der Waals surface area contributed by atoms with Gasteiger partial charge in [0.05, 0.1) is 18.9 Å². The number of hydrogen-bond donors (Lipinski definition) is 2. The van der Waals surface area contributed by atoms with Crippen LogP contribution >= 0.6 is 0 Å². The molecule has 4 aromatic rings. The molecular weight excluding hydrogens is 449 g/mol. The summed E-state index contributed by atoms with van der Waals surface area (Å²) in [5.41, 5.74) is 3.00. The molecule has 0 radical (unpaired) electrons. The fraction of sp³-hybridized carbons (Fsp3) is 0.185. The number of anilines is 1. The second kappa shape index (κ2) is 12.3. The number of aromatic nitrogens is 1. The van der Waals surface area contributed by atoms with Crippen molar-refractivity contribution in [2.75, 3.05) is 25.1 Å². The summed E-state index contributed by atoms with van der Waals surface area (Å²) in [4.78, 5) is 16.6. The third-order valence-electron chi connectivity index (χ3n) is 5.00. The highest BCUT2D eigenvalue weighted by atomic mass is 19.1. The monoisotopic (exact) mass is 475 g/mol. The number of amides is 2. The Morgan fingerprint density at radius 1 is 0.971 bits per heavy atom. The zero-order chi connectivity index (χ0) is 24.3. The molecule has 180 valence electrons. The van der Waals surface area contributed by atoms with Crippen LogP contribution in [0.1, 0.15) is 11.3 Å². The van der Waals surface area contributed by atoms with Crippen molar-refractivity contribution in [3.05, 3.63) is 102 Å². The number of oxazole rings is 1. The minimum absolute atomic E-state index is 0.317. The van der Waals surface area contributed by atoms with Crippen LogP contribution in [0.25, 0.3) is 11.5 Å². The third kappa shape index (κ3) is 7.68. The number of carbonyl (C=O) groups is 1. The molecule has 0 saturated carbocycles. The molecule has 8 heteroatoms. The Balaban J connectivity index is 1.15. The van der Waals surface area contributed by atoms with Crippen LogP contribution in [-0.4, -0.2) is 30.8 Å². The Morgan fingerprint density at radius 2 is 1.80 bits per heavy atom. The van der Waals surface area contributed by atoms with Gasteiger partial charge in [0, 0.05) is 24.2 Å². The molecule has 35 heavy (non-hydrogen) atoms. The molecule has 3 aromatic carbocycles. The number of nitrogens with zero attached hydrogens (tertiary/aromatic N) is 1. The molecule has 4 rings (SSSR count). The van der Waals surface area contributed by atoms with Crippen molar-refractivity contribution in [1.82, 2.24) is 10.3 Å². The van der Waals surface area contributed by atoms with Gasteiger partial charge in [0.2, 0.25) is 5.89 Å². The summed E-state index contributed by atoms with van der Waals surface area (Å²) in [7, 11) is 0. The highest BCUT2D eigenvalue weighted by Gasteiger charge is 2.08. The van der Waals surface area contributed by atoms with Gasteiger partial charge in [0.25, 0.3) is 0 Å². The van der Waals surface area contributed by atoms with Gasteiger partial charge in [-0.2, -0.15) is 0 Å². The first kappa shape index (κ1) is 24.0. The summed E-state index contributed by atoms with van der Waals surface area (Å²) >= 11 is 0. The van der Waals surface area contributed by atoms with E-state index in [1.165, 1.54) is 18.4 Å². The maximum Gasteiger partial charge on any atom is 0.319 e. The number of rotatable bonds is 11. The molecule has 0 fully saturated rings. The Labute approximate surface area is 202 Å². The summed E-state index contributed by atoms with van der Waals surface area (Å²) in [6.07, 6.45) is 2.03. The Morgan fingerprint density at radius 3 is 2.63 bits per heavy atom. The van der Waals surface area contributed by atoms with Crippen molar-refractivity contribution in [3.8, 4) is 17.2 Å². The summed E-state index contributed by atoms with van der Waals surface area (Å²) in [6, 6.07) is 22.7. The summed E-state index contributed by atoms with van der Waals surface area (Å²) < 4.78 is 29.8. The fourth-order valence-electron chi connectivity index (χ4n) is 3.29. The minimum atomic E-state index is -0.318. The lowest BCUT2D eigenvalue weighted by atomic mass is 10.2. The van der Waals surface area contributed by atoms with Crippen LogP contribution < -0.4 is 15.4 Å². The van der Waals surface area contributed by atoms with Crippen LogP contribution in [0.2, 0.25) is 0 Å². The molecule has 0 saturated heterocycles. The Kier molecular flexibility index (Phi) is 8.45. The van der Waals surface area contributed by atoms with Gasteiger partial charge in [-0.25, -0.2) is 14.2 Å². The molecular formula is C27H26FN3O4. The molecule has 0 spiro atoms. The van der Waals surface area contributed by atoms with Gasteiger partial charge in [-0.15, -0.1) is 0 Å². The lowest BCUT2D eigenvalue weighted by Crippen LogP contribution is -2.30. The first-order chi connectivity index (χ1) is 17.2. The molecule has 2 N–H and O–H groups in total. The number of para-hydroxylation sites is 1. The summed E-state index contributed by atoms with van der Waals surface area (Å²) in [5.74, 6) is 0.905. The summed E-state index contributed by atoms with van der Waals surface area (Å²) in [6.45, 7) is 1.71. The predicted molar refractivity (Wildman–Crippen MR) is 131 cm³/mol. The second-order valence-corrected chi connectivity index (χ2v) is 7.70. The number of hydrogen-bond acceptors (Lipinski definition) is 5. The molecule has 1 heterocycles. The van der Waals surface area contributed by atoms with Crippen LogP contribution in [0.4, 0.5) is 14.9 Å². The van der Waals surface area contributed by atoms with Gasteiger partial charge in [-0.1, -0.05) is 30.3 Å². The lowest BCUT2D eigenvalue weighted by Gasteiger charge is -2.10. The van der Waals surface area contributed by atoms with Crippen molar-refractivity contribution in [2.45, 2.75) is 13.0 Å². The van der Waals surface area contributed by atoms with Crippen LogP contribution in [0, 0.1) is 5.82 Å². The van der Waals surface area contributed by atoms with E-state index in [-0.39, 0.29) is 11.8 Å². The van der Waals surface area contributed by atoms with Gasteiger partial charge in [0.15, 0.2) is 0 Å². The van der Waals surface area contributed by atoms with Crippen molar-refractivity contribution >= 4 is 11.7 Å². The van der Waals surface area contributed by atoms with E-state index in [2.05, 4.69) is 15.6 Å². The maximum absolute atomic E-state index is 13.1. The van der Waals surface area contributed by atoms with E-state index in [1.807, 2.05) is 54.6 Å². The Hall–Kier alpha value is -4.17. The van der Waals surface area contributed by atoms with Crippen LogP contribution in [-0.2, 0) is 17.8 Å².